The summed E-state index contributed by atoms with van der Waals surface area (Å²) in [5.41, 5.74) is 4.49. The molecule has 0 saturated heterocycles. The lowest BCUT2D eigenvalue weighted by Crippen LogP contribution is -2.13. The quantitative estimate of drug-likeness (QED) is 0.797. The molecule has 0 aliphatic carbocycles. The van der Waals surface area contributed by atoms with E-state index in [0.717, 1.165) is 39.3 Å². The number of aryl methyl sites for hydroxylation is 3. The van der Waals surface area contributed by atoms with Crippen LogP contribution in [0.1, 0.15) is 29.1 Å². The van der Waals surface area contributed by atoms with Gasteiger partial charge in [0.05, 0.1) is 16.9 Å². The van der Waals surface area contributed by atoms with E-state index in [0.29, 0.717) is 12.8 Å². The summed E-state index contributed by atoms with van der Waals surface area (Å²) in [6.45, 7) is 5.71. The van der Waals surface area contributed by atoms with Gasteiger partial charge in [-0.05, 0) is 51.5 Å². The molecule has 0 radical (unpaired) electrons. The zero-order chi connectivity index (χ0) is 16.4. The summed E-state index contributed by atoms with van der Waals surface area (Å²) in [7, 11) is 0. The first kappa shape index (κ1) is 15.2. The van der Waals surface area contributed by atoms with E-state index in [9.17, 15) is 4.79 Å². The molecule has 3 rings (SSSR count). The molecule has 5 nitrogen and oxygen atoms in total. The van der Waals surface area contributed by atoms with Gasteiger partial charge in [0.15, 0.2) is 0 Å². The number of carbonyl (C=O) groups is 1. The van der Waals surface area contributed by atoms with E-state index in [1.54, 1.807) is 0 Å². The number of hydrogen-bond acceptors (Lipinski definition) is 4. The third-order valence-electron chi connectivity index (χ3n) is 3.93. The number of carbonyl (C=O) groups excluding carboxylic acids is 1. The fraction of sp³-hybridized carbons (Fsp3) is 0.278. The Morgan fingerprint density at radius 1 is 1.17 bits per heavy atom. The highest BCUT2D eigenvalue weighted by Crippen LogP contribution is 2.23. The van der Waals surface area contributed by atoms with E-state index in [2.05, 4.69) is 15.5 Å². The van der Waals surface area contributed by atoms with Crippen LogP contribution in [0, 0.1) is 20.8 Å². The molecule has 1 N–H and O–H groups in total. The summed E-state index contributed by atoms with van der Waals surface area (Å²) < 4.78 is 5.12. The van der Waals surface area contributed by atoms with E-state index in [4.69, 9.17) is 4.52 Å². The number of hydrogen-bond donors (Lipinski definition) is 1. The maximum atomic E-state index is 12.3. The van der Waals surface area contributed by atoms with Gasteiger partial charge >= 0.3 is 0 Å². The highest BCUT2D eigenvalue weighted by molar-refractivity contribution is 6.01. The number of anilines is 1. The van der Waals surface area contributed by atoms with Gasteiger partial charge in [-0.1, -0.05) is 11.2 Å². The fourth-order valence-corrected chi connectivity index (χ4v) is 2.68. The van der Waals surface area contributed by atoms with E-state index in [-0.39, 0.29) is 5.91 Å². The lowest BCUT2D eigenvalue weighted by molar-refractivity contribution is -0.116. The maximum absolute atomic E-state index is 12.3. The molecule has 1 aromatic carbocycles. The number of nitrogens with one attached hydrogen (secondary N) is 1. The fourth-order valence-electron chi connectivity index (χ4n) is 2.68. The summed E-state index contributed by atoms with van der Waals surface area (Å²) in [6, 6.07) is 9.68. The van der Waals surface area contributed by atoms with Gasteiger partial charge in [-0.15, -0.1) is 0 Å². The number of rotatable bonds is 4. The average Bonchev–Trinajstić information content (AvgIpc) is 2.84. The van der Waals surface area contributed by atoms with Crippen LogP contribution >= 0.6 is 0 Å². The van der Waals surface area contributed by atoms with Crippen molar-refractivity contribution in [2.45, 2.75) is 33.6 Å². The summed E-state index contributed by atoms with van der Waals surface area (Å²) in [6.07, 6.45) is 1.01. The molecule has 0 unspecified atom stereocenters. The van der Waals surface area contributed by atoms with Crippen molar-refractivity contribution < 1.29 is 9.32 Å². The molecule has 3 aromatic rings. The molecule has 0 atom stereocenters. The maximum Gasteiger partial charge on any atom is 0.224 e. The summed E-state index contributed by atoms with van der Waals surface area (Å²) in [5.74, 6) is 0.748. The topological polar surface area (TPSA) is 68.0 Å². The molecular weight excluding hydrogens is 290 g/mol. The molecular formula is C18H19N3O2. The molecule has 0 spiro atoms. The Balaban J connectivity index is 1.73. The Bertz CT molecular complexity index is 848. The average molecular weight is 309 g/mol. The van der Waals surface area contributed by atoms with E-state index in [1.165, 1.54) is 0 Å². The number of pyridine rings is 1. The predicted octanol–water partition coefficient (Wildman–Crippen LogP) is 3.72. The molecule has 0 bridgehead atoms. The van der Waals surface area contributed by atoms with Gasteiger partial charge < -0.3 is 9.84 Å². The van der Waals surface area contributed by atoms with Crippen LogP contribution < -0.4 is 5.32 Å². The van der Waals surface area contributed by atoms with Crippen LogP contribution in [0.5, 0.6) is 0 Å². The van der Waals surface area contributed by atoms with Crippen molar-refractivity contribution in [2.24, 2.45) is 0 Å². The van der Waals surface area contributed by atoms with Gasteiger partial charge in [0.1, 0.15) is 5.76 Å². The third-order valence-corrected chi connectivity index (χ3v) is 3.93. The van der Waals surface area contributed by atoms with Gasteiger partial charge in [-0.25, -0.2) is 0 Å². The minimum absolute atomic E-state index is 0.0296. The minimum atomic E-state index is -0.0296. The minimum Gasteiger partial charge on any atom is -0.361 e. The lowest BCUT2D eigenvalue weighted by Gasteiger charge is -2.09. The van der Waals surface area contributed by atoms with Crippen LogP contribution in [0.2, 0.25) is 0 Å². The van der Waals surface area contributed by atoms with Gasteiger partial charge in [-0.2, -0.15) is 0 Å². The molecule has 0 saturated carbocycles. The lowest BCUT2D eigenvalue weighted by atomic mass is 10.1. The van der Waals surface area contributed by atoms with Crippen molar-refractivity contribution in [3.8, 4) is 0 Å². The SMILES string of the molecule is Cc1ccc2c(NC(=O)CCc3c(C)noc3C)cccc2n1. The standard InChI is InChI=1S/C18H19N3O2/c1-11-7-8-15-16(19-11)5-4-6-17(15)20-18(22)10-9-14-12(2)21-23-13(14)3/h4-8H,9-10H2,1-3H3,(H,20,22). The summed E-state index contributed by atoms with van der Waals surface area (Å²) >= 11 is 0. The van der Waals surface area contributed by atoms with Gasteiger partial charge in [0, 0.05) is 23.1 Å². The van der Waals surface area contributed by atoms with Crippen LogP contribution in [0.4, 0.5) is 5.69 Å². The Morgan fingerprint density at radius 3 is 2.74 bits per heavy atom. The second-order valence-electron chi connectivity index (χ2n) is 5.68. The number of nitrogens with zero attached hydrogens (tertiary/aromatic N) is 2. The zero-order valence-corrected chi connectivity index (χ0v) is 13.5. The van der Waals surface area contributed by atoms with Crippen LogP contribution in [0.25, 0.3) is 10.9 Å². The monoisotopic (exact) mass is 309 g/mol. The highest BCUT2D eigenvalue weighted by atomic mass is 16.5. The van der Waals surface area contributed by atoms with Gasteiger partial charge in [0.25, 0.3) is 0 Å². The molecule has 2 heterocycles. The number of fused-ring (bicyclic) bond motifs is 1. The van der Waals surface area contributed by atoms with E-state index < -0.39 is 0 Å². The van der Waals surface area contributed by atoms with Crippen molar-refractivity contribution in [3.63, 3.8) is 0 Å². The Kier molecular flexibility index (Phi) is 4.10. The molecule has 5 heteroatoms. The van der Waals surface area contributed by atoms with E-state index >= 15 is 0 Å². The van der Waals surface area contributed by atoms with Crippen LogP contribution in [-0.2, 0) is 11.2 Å². The first-order chi connectivity index (χ1) is 11.0. The molecule has 0 aliphatic rings. The van der Waals surface area contributed by atoms with Gasteiger partial charge in [-0.3, -0.25) is 9.78 Å². The van der Waals surface area contributed by atoms with E-state index in [1.807, 2.05) is 51.1 Å². The smallest absolute Gasteiger partial charge is 0.224 e. The van der Waals surface area contributed by atoms with Crippen molar-refractivity contribution in [2.75, 3.05) is 5.32 Å². The first-order valence-electron chi connectivity index (χ1n) is 7.62. The van der Waals surface area contributed by atoms with Crippen LogP contribution in [-0.4, -0.2) is 16.0 Å². The molecule has 2 aromatic heterocycles. The second-order valence-corrected chi connectivity index (χ2v) is 5.68. The molecule has 0 aliphatic heterocycles. The van der Waals surface area contributed by atoms with Crippen molar-refractivity contribution >= 4 is 22.5 Å². The molecule has 23 heavy (non-hydrogen) atoms. The molecule has 118 valence electrons. The highest BCUT2D eigenvalue weighted by Gasteiger charge is 2.12. The largest absolute Gasteiger partial charge is 0.361 e. The molecule has 1 amide bonds. The van der Waals surface area contributed by atoms with Crippen LogP contribution in [0.3, 0.4) is 0 Å². The third kappa shape index (κ3) is 3.23. The second kappa shape index (κ2) is 6.20. The summed E-state index contributed by atoms with van der Waals surface area (Å²) in [5, 5.41) is 7.84. The Hall–Kier alpha value is -2.69. The van der Waals surface area contributed by atoms with Crippen molar-refractivity contribution in [1.29, 1.82) is 0 Å². The number of benzene rings is 1. The number of amides is 1. The van der Waals surface area contributed by atoms with Crippen molar-refractivity contribution in [3.05, 3.63) is 53.0 Å². The first-order valence-corrected chi connectivity index (χ1v) is 7.62. The Labute approximate surface area is 134 Å². The normalized spacial score (nSPS) is 10.9. The summed E-state index contributed by atoms with van der Waals surface area (Å²) in [4.78, 5) is 16.7. The Morgan fingerprint density at radius 2 is 2.00 bits per heavy atom. The zero-order valence-electron chi connectivity index (χ0n) is 13.5. The van der Waals surface area contributed by atoms with Crippen LogP contribution in [0.15, 0.2) is 34.9 Å². The number of aromatic nitrogens is 2. The van der Waals surface area contributed by atoms with Crippen molar-refractivity contribution in [1.82, 2.24) is 10.1 Å². The predicted molar refractivity (Wildman–Crippen MR) is 89.4 cm³/mol. The molecule has 0 fully saturated rings. The van der Waals surface area contributed by atoms with Gasteiger partial charge in [0.2, 0.25) is 5.91 Å².